The Hall–Kier alpha value is -0.330. The van der Waals surface area contributed by atoms with Crippen LogP contribution in [0.3, 0.4) is 0 Å². The lowest BCUT2D eigenvalue weighted by Gasteiger charge is -2.18. The molecule has 2 rings (SSSR count). The predicted molar refractivity (Wildman–Crippen MR) is 39.6 cm³/mol. The summed E-state index contributed by atoms with van der Waals surface area (Å²) in [5.41, 5.74) is 0. The van der Waals surface area contributed by atoms with Gasteiger partial charge in [-0.2, -0.15) is 0 Å². The monoisotopic (exact) mass is 138 g/mol. The number of carbonyl (C=O) groups is 1. The quantitative estimate of drug-likeness (QED) is 0.533. The van der Waals surface area contributed by atoms with Crippen LogP contribution < -0.4 is 0 Å². The van der Waals surface area contributed by atoms with E-state index in [1.54, 1.807) is 0 Å². The van der Waals surface area contributed by atoms with E-state index < -0.39 is 0 Å². The lowest BCUT2D eigenvalue weighted by molar-refractivity contribution is -0.108. The van der Waals surface area contributed by atoms with Gasteiger partial charge in [-0.25, -0.2) is 0 Å². The second kappa shape index (κ2) is 2.37. The minimum absolute atomic E-state index is 0.774. The van der Waals surface area contributed by atoms with Gasteiger partial charge in [-0.05, 0) is 37.0 Å². The number of carbonyl (C=O) groups excluding carboxylic acids is 1. The molecule has 0 amide bonds. The Morgan fingerprint density at radius 2 is 2.20 bits per heavy atom. The van der Waals surface area contributed by atoms with E-state index in [9.17, 15) is 4.79 Å². The third kappa shape index (κ3) is 0.882. The summed E-state index contributed by atoms with van der Waals surface area (Å²) in [6.45, 7) is 0. The highest BCUT2D eigenvalue weighted by Gasteiger charge is 2.38. The van der Waals surface area contributed by atoms with Crippen molar-refractivity contribution in [1.82, 2.24) is 0 Å². The summed E-state index contributed by atoms with van der Waals surface area (Å²) in [5, 5.41) is 0. The lowest BCUT2D eigenvalue weighted by atomic mass is 9.87. The highest BCUT2D eigenvalue weighted by Crippen LogP contribution is 2.49. The smallest absolute Gasteiger partial charge is 0.120 e. The SMILES string of the molecule is O=CCC1CC2CCC1C2. The first kappa shape index (κ1) is 6.38. The van der Waals surface area contributed by atoms with Gasteiger partial charge in [-0.1, -0.05) is 6.42 Å². The molecular weight excluding hydrogens is 124 g/mol. The predicted octanol–water partition coefficient (Wildman–Crippen LogP) is 2.01. The maximum Gasteiger partial charge on any atom is 0.120 e. The molecular formula is C9H14O. The van der Waals surface area contributed by atoms with Crippen LogP contribution in [0, 0.1) is 17.8 Å². The zero-order valence-electron chi connectivity index (χ0n) is 6.25. The molecule has 3 atom stereocenters. The van der Waals surface area contributed by atoms with E-state index in [4.69, 9.17) is 0 Å². The van der Waals surface area contributed by atoms with Crippen molar-refractivity contribution in [1.29, 1.82) is 0 Å². The normalized spacial score (nSPS) is 44.2. The molecule has 1 heteroatoms. The molecule has 2 bridgehead atoms. The van der Waals surface area contributed by atoms with Gasteiger partial charge < -0.3 is 4.79 Å². The molecule has 0 aromatic heterocycles. The molecule has 0 aromatic rings. The van der Waals surface area contributed by atoms with Crippen molar-refractivity contribution in [2.45, 2.75) is 32.1 Å². The summed E-state index contributed by atoms with van der Waals surface area (Å²) < 4.78 is 0. The van der Waals surface area contributed by atoms with Crippen molar-refractivity contribution in [3.05, 3.63) is 0 Å². The molecule has 0 aromatic carbocycles. The van der Waals surface area contributed by atoms with Crippen LogP contribution in [-0.4, -0.2) is 6.29 Å². The van der Waals surface area contributed by atoms with Crippen LogP contribution in [-0.2, 0) is 4.79 Å². The number of rotatable bonds is 2. The van der Waals surface area contributed by atoms with Crippen LogP contribution in [0.1, 0.15) is 32.1 Å². The van der Waals surface area contributed by atoms with Crippen molar-refractivity contribution in [3.63, 3.8) is 0 Å². The lowest BCUT2D eigenvalue weighted by Crippen LogP contribution is -2.10. The van der Waals surface area contributed by atoms with Crippen molar-refractivity contribution in [3.8, 4) is 0 Å². The largest absolute Gasteiger partial charge is 0.303 e. The van der Waals surface area contributed by atoms with Crippen LogP contribution in [0.4, 0.5) is 0 Å². The van der Waals surface area contributed by atoms with Crippen molar-refractivity contribution < 1.29 is 4.79 Å². The summed E-state index contributed by atoms with van der Waals surface area (Å²) in [7, 11) is 0. The molecule has 2 aliphatic rings. The van der Waals surface area contributed by atoms with E-state index in [1.165, 1.54) is 25.7 Å². The standard InChI is InChI=1S/C9H14O/c10-4-3-9-6-7-1-2-8(9)5-7/h4,7-9H,1-3,5-6H2. The molecule has 0 radical (unpaired) electrons. The van der Waals surface area contributed by atoms with Crippen LogP contribution in [0.5, 0.6) is 0 Å². The average Bonchev–Trinajstić information content (AvgIpc) is 2.48. The van der Waals surface area contributed by atoms with Gasteiger partial charge in [0.15, 0.2) is 0 Å². The second-order valence-corrected chi connectivity index (χ2v) is 3.84. The fourth-order valence-corrected chi connectivity index (χ4v) is 2.79. The van der Waals surface area contributed by atoms with E-state index in [1.807, 2.05) is 0 Å². The first-order chi connectivity index (χ1) is 4.90. The molecule has 0 N–H and O–H groups in total. The van der Waals surface area contributed by atoms with Crippen molar-refractivity contribution in [2.24, 2.45) is 17.8 Å². The van der Waals surface area contributed by atoms with E-state index in [0.717, 1.165) is 30.5 Å². The minimum atomic E-state index is 0.774. The molecule has 0 spiro atoms. The van der Waals surface area contributed by atoms with Gasteiger partial charge in [0, 0.05) is 6.42 Å². The number of fused-ring (bicyclic) bond motifs is 2. The van der Waals surface area contributed by atoms with Gasteiger partial charge in [0.25, 0.3) is 0 Å². The van der Waals surface area contributed by atoms with Gasteiger partial charge in [0.05, 0.1) is 0 Å². The minimum Gasteiger partial charge on any atom is -0.303 e. The Kier molecular flexibility index (Phi) is 1.51. The Labute approximate surface area is 61.8 Å². The molecule has 56 valence electrons. The molecule has 2 aliphatic carbocycles. The maximum atomic E-state index is 10.2. The summed E-state index contributed by atoms with van der Waals surface area (Å²) >= 11 is 0. The first-order valence-electron chi connectivity index (χ1n) is 4.34. The van der Waals surface area contributed by atoms with Gasteiger partial charge in [-0.3, -0.25) is 0 Å². The van der Waals surface area contributed by atoms with Crippen LogP contribution in [0.2, 0.25) is 0 Å². The Bertz CT molecular complexity index is 142. The summed E-state index contributed by atoms with van der Waals surface area (Å²) in [5.74, 6) is 2.70. The zero-order valence-corrected chi connectivity index (χ0v) is 6.25. The number of aldehydes is 1. The number of hydrogen-bond donors (Lipinski definition) is 0. The van der Waals surface area contributed by atoms with Gasteiger partial charge in [0.2, 0.25) is 0 Å². The van der Waals surface area contributed by atoms with E-state index in [2.05, 4.69) is 0 Å². The van der Waals surface area contributed by atoms with E-state index in [0.29, 0.717) is 0 Å². The summed E-state index contributed by atoms with van der Waals surface area (Å²) in [6, 6.07) is 0. The third-order valence-corrected chi connectivity index (χ3v) is 3.28. The molecule has 10 heavy (non-hydrogen) atoms. The van der Waals surface area contributed by atoms with Gasteiger partial charge in [0.1, 0.15) is 6.29 Å². The molecule has 0 saturated heterocycles. The van der Waals surface area contributed by atoms with Crippen LogP contribution in [0.25, 0.3) is 0 Å². The third-order valence-electron chi connectivity index (χ3n) is 3.28. The van der Waals surface area contributed by atoms with E-state index in [-0.39, 0.29) is 0 Å². The fourth-order valence-electron chi connectivity index (χ4n) is 2.79. The first-order valence-corrected chi connectivity index (χ1v) is 4.34. The topological polar surface area (TPSA) is 17.1 Å². The molecule has 1 nitrogen and oxygen atoms in total. The van der Waals surface area contributed by atoms with Crippen LogP contribution in [0.15, 0.2) is 0 Å². The molecule has 2 fully saturated rings. The Morgan fingerprint density at radius 1 is 1.30 bits per heavy atom. The summed E-state index contributed by atoms with van der Waals surface area (Å²) in [4.78, 5) is 10.2. The van der Waals surface area contributed by atoms with Gasteiger partial charge in [-0.15, -0.1) is 0 Å². The molecule has 3 unspecified atom stereocenters. The van der Waals surface area contributed by atoms with E-state index >= 15 is 0 Å². The summed E-state index contributed by atoms with van der Waals surface area (Å²) in [6.07, 6.45) is 7.57. The Morgan fingerprint density at radius 3 is 2.70 bits per heavy atom. The van der Waals surface area contributed by atoms with Crippen molar-refractivity contribution in [2.75, 3.05) is 0 Å². The molecule has 0 aliphatic heterocycles. The highest BCUT2D eigenvalue weighted by molar-refractivity contribution is 5.50. The van der Waals surface area contributed by atoms with Crippen molar-refractivity contribution >= 4 is 6.29 Å². The molecule has 2 saturated carbocycles. The number of hydrogen-bond acceptors (Lipinski definition) is 1. The highest BCUT2D eigenvalue weighted by atomic mass is 16.1. The van der Waals surface area contributed by atoms with Crippen LogP contribution >= 0.6 is 0 Å². The fraction of sp³-hybridized carbons (Fsp3) is 0.889. The maximum absolute atomic E-state index is 10.2. The zero-order chi connectivity index (χ0) is 6.97. The Balaban J connectivity index is 1.95. The molecule has 0 heterocycles. The average molecular weight is 138 g/mol. The second-order valence-electron chi connectivity index (χ2n) is 3.84. The van der Waals surface area contributed by atoms with Gasteiger partial charge >= 0.3 is 0 Å².